The molecule has 140 valence electrons. The van der Waals surface area contributed by atoms with E-state index in [1.807, 2.05) is 32.0 Å². The SMILES string of the molecule is Cc1cc(C(=O)NC(c2ccc(Cl)cc2)c2ncc(Br)cc2C)ccc1C#N. The predicted molar refractivity (Wildman–Crippen MR) is 113 cm³/mol. The Kier molecular flexibility index (Phi) is 6.13. The molecule has 0 aliphatic carbocycles. The third-order valence-electron chi connectivity index (χ3n) is 4.45. The van der Waals surface area contributed by atoms with Gasteiger partial charge in [0.2, 0.25) is 0 Å². The molecule has 0 spiro atoms. The third kappa shape index (κ3) is 4.41. The normalized spacial score (nSPS) is 11.5. The minimum Gasteiger partial charge on any atom is -0.340 e. The Morgan fingerprint density at radius 2 is 1.86 bits per heavy atom. The molecule has 0 saturated carbocycles. The second kappa shape index (κ2) is 8.55. The lowest BCUT2D eigenvalue weighted by molar-refractivity contribution is 0.0942. The third-order valence-corrected chi connectivity index (χ3v) is 5.13. The maximum absolute atomic E-state index is 12.9. The number of aromatic nitrogens is 1. The zero-order valence-corrected chi connectivity index (χ0v) is 17.7. The molecule has 1 unspecified atom stereocenters. The number of pyridine rings is 1. The number of benzene rings is 2. The summed E-state index contributed by atoms with van der Waals surface area (Å²) in [5.41, 5.74) is 4.38. The summed E-state index contributed by atoms with van der Waals surface area (Å²) in [6, 6.07) is 16.0. The zero-order valence-electron chi connectivity index (χ0n) is 15.3. The van der Waals surface area contributed by atoms with E-state index in [1.54, 1.807) is 36.5 Å². The number of halogens is 2. The first-order chi connectivity index (χ1) is 13.4. The maximum atomic E-state index is 12.9. The molecule has 1 atom stereocenters. The summed E-state index contributed by atoms with van der Waals surface area (Å²) in [4.78, 5) is 17.5. The Balaban J connectivity index is 1.99. The van der Waals surface area contributed by atoms with Crippen LogP contribution in [0.1, 0.15) is 44.3 Å². The number of nitrogens with one attached hydrogen (secondary N) is 1. The summed E-state index contributed by atoms with van der Waals surface area (Å²) in [7, 11) is 0. The van der Waals surface area contributed by atoms with E-state index in [2.05, 4.69) is 32.3 Å². The summed E-state index contributed by atoms with van der Waals surface area (Å²) in [5.74, 6) is -0.239. The molecular formula is C22H17BrClN3O. The Labute approximate surface area is 177 Å². The quantitative estimate of drug-likeness (QED) is 0.565. The summed E-state index contributed by atoms with van der Waals surface area (Å²) >= 11 is 9.45. The van der Waals surface area contributed by atoms with E-state index in [0.29, 0.717) is 16.1 Å². The molecule has 0 radical (unpaired) electrons. The molecule has 2 aromatic carbocycles. The van der Waals surface area contributed by atoms with Gasteiger partial charge in [-0.2, -0.15) is 5.26 Å². The van der Waals surface area contributed by atoms with Crippen molar-refractivity contribution in [1.29, 1.82) is 5.26 Å². The van der Waals surface area contributed by atoms with Crippen LogP contribution in [0.4, 0.5) is 0 Å². The van der Waals surface area contributed by atoms with E-state index in [9.17, 15) is 4.79 Å². The van der Waals surface area contributed by atoms with Crippen LogP contribution in [-0.2, 0) is 0 Å². The van der Waals surface area contributed by atoms with Crippen LogP contribution in [0.3, 0.4) is 0 Å². The van der Waals surface area contributed by atoms with Gasteiger partial charge in [0.05, 0.1) is 23.4 Å². The van der Waals surface area contributed by atoms with Crippen LogP contribution in [-0.4, -0.2) is 10.9 Å². The largest absolute Gasteiger partial charge is 0.340 e. The van der Waals surface area contributed by atoms with E-state index in [0.717, 1.165) is 26.9 Å². The van der Waals surface area contributed by atoms with Crippen molar-refractivity contribution in [2.75, 3.05) is 0 Å². The topological polar surface area (TPSA) is 65.8 Å². The zero-order chi connectivity index (χ0) is 20.3. The summed E-state index contributed by atoms with van der Waals surface area (Å²) in [6.45, 7) is 3.76. The molecule has 6 heteroatoms. The van der Waals surface area contributed by atoms with E-state index < -0.39 is 6.04 Å². The van der Waals surface area contributed by atoms with Crippen LogP contribution in [0.15, 0.2) is 59.2 Å². The van der Waals surface area contributed by atoms with Gasteiger partial charge in [-0.1, -0.05) is 23.7 Å². The lowest BCUT2D eigenvalue weighted by atomic mass is 9.99. The van der Waals surface area contributed by atoms with Gasteiger partial charge in [-0.15, -0.1) is 0 Å². The highest BCUT2D eigenvalue weighted by molar-refractivity contribution is 9.10. The van der Waals surface area contributed by atoms with Crippen molar-refractivity contribution in [3.8, 4) is 6.07 Å². The number of carbonyl (C=O) groups is 1. The van der Waals surface area contributed by atoms with Crippen molar-refractivity contribution in [3.63, 3.8) is 0 Å². The Morgan fingerprint density at radius 1 is 1.14 bits per heavy atom. The second-order valence-electron chi connectivity index (χ2n) is 6.46. The van der Waals surface area contributed by atoms with E-state index in [-0.39, 0.29) is 5.91 Å². The number of carbonyl (C=O) groups excluding carboxylic acids is 1. The van der Waals surface area contributed by atoms with Crippen LogP contribution in [0.25, 0.3) is 0 Å². The minimum absolute atomic E-state index is 0.239. The van der Waals surface area contributed by atoms with Crippen LogP contribution >= 0.6 is 27.5 Å². The van der Waals surface area contributed by atoms with Crippen LogP contribution in [0, 0.1) is 25.2 Å². The summed E-state index contributed by atoms with van der Waals surface area (Å²) in [5, 5.41) is 12.8. The minimum atomic E-state index is -0.436. The van der Waals surface area contributed by atoms with Crippen LogP contribution in [0.5, 0.6) is 0 Å². The average molecular weight is 455 g/mol. The fourth-order valence-electron chi connectivity index (χ4n) is 2.96. The molecule has 0 aliphatic heterocycles. The highest BCUT2D eigenvalue weighted by atomic mass is 79.9. The van der Waals surface area contributed by atoms with Gasteiger partial charge in [0.1, 0.15) is 0 Å². The molecule has 1 heterocycles. The molecule has 0 saturated heterocycles. The fraction of sp³-hybridized carbons (Fsp3) is 0.136. The Hall–Kier alpha value is -2.68. The second-order valence-corrected chi connectivity index (χ2v) is 7.81. The van der Waals surface area contributed by atoms with Crippen molar-refractivity contribution >= 4 is 33.4 Å². The van der Waals surface area contributed by atoms with Gasteiger partial charge in [0.25, 0.3) is 5.91 Å². The molecule has 4 nitrogen and oxygen atoms in total. The molecule has 0 aliphatic rings. The van der Waals surface area contributed by atoms with Gasteiger partial charge >= 0.3 is 0 Å². The van der Waals surface area contributed by atoms with Gasteiger partial charge in [-0.3, -0.25) is 9.78 Å². The first kappa shape index (κ1) is 20.1. The van der Waals surface area contributed by atoms with Gasteiger partial charge in [0, 0.05) is 21.3 Å². The number of amides is 1. The molecular weight excluding hydrogens is 438 g/mol. The molecule has 1 amide bonds. The molecule has 3 aromatic rings. The first-order valence-corrected chi connectivity index (χ1v) is 9.75. The molecule has 0 bridgehead atoms. The lowest BCUT2D eigenvalue weighted by Gasteiger charge is -2.21. The number of hydrogen-bond donors (Lipinski definition) is 1. The smallest absolute Gasteiger partial charge is 0.252 e. The highest BCUT2D eigenvalue weighted by Gasteiger charge is 2.21. The van der Waals surface area contributed by atoms with Crippen molar-refractivity contribution in [2.24, 2.45) is 0 Å². The maximum Gasteiger partial charge on any atom is 0.252 e. The van der Waals surface area contributed by atoms with Crippen molar-refractivity contribution in [3.05, 3.63) is 97.7 Å². The first-order valence-electron chi connectivity index (χ1n) is 8.58. The number of rotatable bonds is 4. The Morgan fingerprint density at radius 3 is 2.46 bits per heavy atom. The van der Waals surface area contributed by atoms with Gasteiger partial charge in [-0.25, -0.2) is 0 Å². The van der Waals surface area contributed by atoms with Crippen molar-refractivity contribution < 1.29 is 4.79 Å². The molecule has 3 rings (SSSR count). The fourth-order valence-corrected chi connectivity index (χ4v) is 3.53. The van der Waals surface area contributed by atoms with Gasteiger partial charge in [-0.05, 0) is 82.9 Å². The highest BCUT2D eigenvalue weighted by Crippen LogP contribution is 2.26. The van der Waals surface area contributed by atoms with Gasteiger partial charge in [0.15, 0.2) is 0 Å². The molecule has 28 heavy (non-hydrogen) atoms. The summed E-state index contributed by atoms with van der Waals surface area (Å²) < 4.78 is 0.873. The standard InChI is InChI=1S/C22H17BrClN3O/c1-13-9-16(3-4-17(13)11-25)22(28)27-21(15-5-7-19(24)8-6-15)20-14(2)10-18(23)12-26-20/h3-10,12,21H,1-2H3,(H,27,28). The van der Waals surface area contributed by atoms with E-state index in [1.165, 1.54) is 0 Å². The molecule has 1 N–H and O–H groups in total. The lowest BCUT2D eigenvalue weighted by Crippen LogP contribution is -2.30. The van der Waals surface area contributed by atoms with Gasteiger partial charge < -0.3 is 5.32 Å². The summed E-state index contributed by atoms with van der Waals surface area (Å²) in [6.07, 6.45) is 1.71. The van der Waals surface area contributed by atoms with Crippen LogP contribution in [0.2, 0.25) is 5.02 Å². The van der Waals surface area contributed by atoms with Crippen molar-refractivity contribution in [2.45, 2.75) is 19.9 Å². The number of aryl methyl sites for hydroxylation is 2. The average Bonchev–Trinajstić information content (AvgIpc) is 2.67. The number of nitriles is 1. The predicted octanol–water partition coefficient (Wildman–Crippen LogP) is 5.51. The van der Waals surface area contributed by atoms with Crippen LogP contribution < -0.4 is 5.32 Å². The van der Waals surface area contributed by atoms with E-state index >= 15 is 0 Å². The molecule has 1 aromatic heterocycles. The van der Waals surface area contributed by atoms with Crippen molar-refractivity contribution in [1.82, 2.24) is 10.3 Å². The Bertz CT molecular complexity index is 1070. The number of hydrogen-bond acceptors (Lipinski definition) is 3. The number of nitrogens with zero attached hydrogens (tertiary/aromatic N) is 2. The molecule has 0 fully saturated rings. The monoisotopic (exact) mass is 453 g/mol. The van der Waals surface area contributed by atoms with E-state index in [4.69, 9.17) is 16.9 Å².